The van der Waals surface area contributed by atoms with Crippen LogP contribution < -0.4 is 0 Å². The first kappa shape index (κ1) is 12.4. The number of nitrogens with zero attached hydrogens (tertiary/aromatic N) is 1. The summed E-state index contributed by atoms with van der Waals surface area (Å²) in [6.07, 6.45) is 8.96. The molecule has 1 N–H and O–H groups in total. The van der Waals surface area contributed by atoms with Crippen LogP contribution in [0.5, 0.6) is 0 Å². The van der Waals surface area contributed by atoms with E-state index in [9.17, 15) is 5.11 Å². The van der Waals surface area contributed by atoms with Gasteiger partial charge in [0.15, 0.2) is 0 Å². The molecule has 2 unspecified atom stereocenters. The average molecular weight is 225 g/mol. The molecule has 2 nitrogen and oxygen atoms in total. The molecular weight excluding hydrogens is 198 g/mol. The molecule has 2 fully saturated rings. The second-order valence-electron chi connectivity index (χ2n) is 6.11. The number of aliphatic hydroxyl groups is 1. The summed E-state index contributed by atoms with van der Waals surface area (Å²) in [4.78, 5) is 2.52. The zero-order valence-corrected chi connectivity index (χ0v) is 10.9. The van der Waals surface area contributed by atoms with Crippen molar-refractivity contribution in [3.8, 4) is 0 Å². The summed E-state index contributed by atoms with van der Waals surface area (Å²) < 4.78 is 0. The first-order chi connectivity index (χ1) is 7.66. The molecule has 0 aliphatic heterocycles. The second kappa shape index (κ2) is 5.50. The maximum Gasteiger partial charge on any atom is 0.0580 e. The van der Waals surface area contributed by atoms with Crippen LogP contribution in [0.4, 0.5) is 0 Å². The number of hydrogen-bond acceptors (Lipinski definition) is 2. The summed E-state index contributed by atoms with van der Waals surface area (Å²) in [5.74, 6) is 1.48. The molecule has 0 aromatic heterocycles. The van der Waals surface area contributed by atoms with E-state index in [1.54, 1.807) is 0 Å². The Labute approximate surface area is 100 Å². The summed E-state index contributed by atoms with van der Waals surface area (Å²) >= 11 is 0. The highest BCUT2D eigenvalue weighted by molar-refractivity contribution is 4.82. The van der Waals surface area contributed by atoms with Crippen molar-refractivity contribution in [3.05, 3.63) is 0 Å². The van der Waals surface area contributed by atoms with E-state index in [4.69, 9.17) is 0 Å². The van der Waals surface area contributed by atoms with Crippen molar-refractivity contribution in [3.63, 3.8) is 0 Å². The van der Waals surface area contributed by atoms with Gasteiger partial charge in [0, 0.05) is 12.6 Å². The minimum atomic E-state index is -0.0232. The van der Waals surface area contributed by atoms with Crippen molar-refractivity contribution < 1.29 is 5.11 Å². The first-order valence-corrected chi connectivity index (χ1v) is 7.05. The standard InChI is InChI=1S/C14H27NO/c1-11-6-8-13(9-7-11)15(2)10-12-4-3-5-14(12)16/h11-14,16H,3-10H2,1-2H3. The average Bonchev–Trinajstić information content (AvgIpc) is 2.65. The summed E-state index contributed by atoms with van der Waals surface area (Å²) in [6, 6.07) is 0.781. The Bertz CT molecular complexity index is 211. The molecule has 0 bridgehead atoms. The predicted molar refractivity (Wildman–Crippen MR) is 67.4 cm³/mol. The summed E-state index contributed by atoms with van der Waals surface area (Å²) in [6.45, 7) is 3.48. The van der Waals surface area contributed by atoms with Gasteiger partial charge < -0.3 is 10.0 Å². The highest BCUT2D eigenvalue weighted by Gasteiger charge is 2.29. The molecule has 0 radical (unpaired) electrons. The molecule has 0 saturated heterocycles. The van der Waals surface area contributed by atoms with Crippen LogP contribution in [-0.4, -0.2) is 35.7 Å². The van der Waals surface area contributed by atoms with Crippen molar-refractivity contribution >= 4 is 0 Å². The van der Waals surface area contributed by atoms with E-state index in [1.807, 2.05) is 0 Å². The van der Waals surface area contributed by atoms with Gasteiger partial charge in [-0.3, -0.25) is 0 Å². The van der Waals surface area contributed by atoms with E-state index in [0.717, 1.165) is 24.9 Å². The third-order valence-electron chi connectivity index (χ3n) is 4.75. The second-order valence-corrected chi connectivity index (χ2v) is 6.11. The van der Waals surface area contributed by atoms with Crippen LogP contribution in [-0.2, 0) is 0 Å². The van der Waals surface area contributed by atoms with Gasteiger partial charge in [0.25, 0.3) is 0 Å². The fourth-order valence-corrected chi connectivity index (χ4v) is 3.43. The molecule has 2 saturated carbocycles. The Balaban J connectivity index is 1.76. The quantitative estimate of drug-likeness (QED) is 0.798. The van der Waals surface area contributed by atoms with Crippen molar-refractivity contribution in [2.24, 2.45) is 11.8 Å². The minimum absolute atomic E-state index is 0.0232. The molecule has 2 rings (SSSR count). The Kier molecular flexibility index (Phi) is 4.26. The van der Waals surface area contributed by atoms with Crippen LogP contribution in [0.3, 0.4) is 0 Å². The van der Waals surface area contributed by atoms with E-state index in [-0.39, 0.29) is 6.10 Å². The largest absolute Gasteiger partial charge is 0.393 e. The lowest BCUT2D eigenvalue weighted by Crippen LogP contribution is -2.39. The van der Waals surface area contributed by atoms with E-state index in [2.05, 4.69) is 18.9 Å². The molecule has 2 aliphatic rings. The van der Waals surface area contributed by atoms with Crippen molar-refractivity contribution in [1.82, 2.24) is 4.90 Å². The van der Waals surface area contributed by atoms with Gasteiger partial charge in [0.2, 0.25) is 0 Å². The van der Waals surface area contributed by atoms with Gasteiger partial charge in [-0.1, -0.05) is 13.3 Å². The fourth-order valence-electron chi connectivity index (χ4n) is 3.43. The number of rotatable bonds is 3. The molecule has 0 aromatic carbocycles. The van der Waals surface area contributed by atoms with E-state index < -0.39 is 0 Å². The summed E-state index contributed by atoms with van der Waals surface area (Å²) in [5, 5.41) is 9.85. The maximum absolute atomic E-state index is 9.85. The fraction of sp³-hybridized carbons (Fsp3) is 1.00. The molecule has 2 aliphatic carbocycles. The van der Waals surface area contributed by atoms with Crippen molar-refractivity contribution in [2.75, 3.05) is 13.6 Å². The Morgan fingerprint density at radius 3 is 2.31 bits per heavy atom. The Hall–Kier alpha value is -0.0800. The van der Waals surface area contributed by atoms with Gasteiger partial charge in [-0.25, -0.2) is 0 Å². The molecule has 0 amide bonds. The molecule has 2 heteroatoms. The number of aliphatic hydroxyl groups excluding tert-OH is 1. The van der Waals surface area contributed by atoms with Crippen LogP contribution in [0, 0.1) is 11.8 Å². The van der Waals surface area contributed by atoms with Crippen LogP contribution in [0.2, 0.25) is 0 Å². The van der Waals surface area contributed by atoms with E-state index >= 15 is 0 Å². The van der Waals surface area contributed by atoms with Crippen molar-refractivity contribution in [1.29, 1.82) is 0 Å². The first-order valence-electron chi connectivity index (χ1n) is 7.05. The van der Waals surface area contributed by atoms with E-state index in [0.29, 0.717) is 5.92 Å². The summed E-state index contributed by atoms with van der Waals surface area (Å²) in [5.41, 5.74) is 0. The molecule has 16 heavy (non-hydrogen) atoms. The van der Waals surface area contributed by atoms with Crippen LogP contribution in [0.15, 0.2) is 0 Å². The lowest BCUT2D eigenvalue weighted by Gasteiger charge is -2.35. The number of hydrogen-bond donors (Lipinski definition) is 1. The van der Waals surface area contributed by atoms with Crippen molar-refractivity contribution in [2.45, 2.75) is 64.0 Å². The monoisotopic (exact) mass is 225 g/mol. The highest BCUT2D eigenvalue weighted by atomic mass is 16.3. The predicted octanol–water partition coefficient (Wildman–Crippen LogP) is 2.66. The Morgan fingerprint density at radius 1 is 1.06 bits per heavy atom. The topological polar surface area (TPSA) is 23.5 Å². The highest BCUT2D eigenvalue weighted by Crippen LogP contribution is 2.30. The van der Waals surface area contributed by atoms with Gasteiger partial charge in [0.05, 0.1) is 6.10 Å². The minimum Gasteiger partial charge on any atom is -0.393 e. The third-order valence-corrected chi connectivity index (χ3v) is 4.75. The van der Waals surface area contributed by atoms with Crippen LogP contribution in [0.1, 0.15) is 51.9 Å². The van der Waals surface area contributed by atoms with Gasteiger partial charge in [-0.2, -0.15) is 0 Å². The molecule has 0 aromatic rings. The van der Waals surface area contributed by atoms with Crippen LogP contribution >= 0.6 is 0 Å². The van der Waals surface area contributed by atoms with E-state index in [1.165, 1.54) is 38.5 Å². The lowest BCUT2D eigenvalue weighted by atomic mass is 9.86. The normalized spacial score (nSPS) is 40.5. The zero-order valence-electron chi connectivity index (χ0n) is 10.9. The third kappa shape index (κ3) is 2.98. The molecule has 2 atom stereocenters. The molecule has 94 valence electrons. The summed E-state index contributed by atoms with van der Waals surface area (Å²) in [7, 11) is 2.26. The smallest absolute Gasteiger partial charge is 0.0580 e. The molecule has 0 heterocycles. The lowest BCUT2D eigenvalue weighted by molar-refractivity contribution is 0.0842. The van der Waals surface area contributed by atoms with Gasteiger partial charge in [0.1, 0.15) is 0 Å². The molecular formula is C14H27NO. The molecule has 0 spiro atoms. The van der Waals surface area contributed by atoms with Gasteiger partial charge >= 0.3 is 0 Å². The van der Waals surface area contributed by atoms with Gasteiger partial charge in [-0.05, 0) is 57.4 Å². The zero-order chi connectivity index (χ0) is 11.5. The maximum atomic E-state index is 9.85. The SMILES string of the molecule is CC1CCC(N(C)CC2CCCC2O)CC1. The van der Waals surface area contributed by atoms with Crippen LogP contribution in [0.25, 0.3) is 0 Å². The Morgan fingerprint density at radius 2 is 1.75 bits per heavy atom. The van der Waals surface area contributed by atoms with Gasteiger partial charge in [-0.15, -0.1) is 0 Å².